The number of nitrogens with zero attached hydrogens (tertiary/aromatic N) is 1. The molecule has 110 valence electrons. The summed E-state index contributed by atoms with van der Waals surface area (Å²) in [5.41, 5.74) is 1.80. The average molecular weight is 278 g/mol. The summed E-state index contributed by atoms with van der Waals surface area (Å²) in [6.45, 7) is 6.70. The van der Waals surface area contributed by atoms with Crippen LogP contribution in [-0.4, -0.2) is 30.2 Å². The van der Waals surface area contributed by atoms with E-state index in [0.29, 0.717) is 18.2 Å². The summed E-state index contributed by atoms with van der Waals surface area (Å²) in [5.74, 6) is -0.572. The number of hydrogen-bond acceptors (Lipinski definition) is 2. The number of urea groups is 1. The van der Waals surface area contributed by atoms with Gasteiger partial charge in [0.25, 0.3) is 0 Å². The molecule has 1 aromatic carbocycles. The Morgan fingerprint density at radius 1 is 1.25 bits per heavy atom. The molecule has 0 aliphatic rings. The summed E-state index contributed by atoms with van der Waals surface area (Å²) in [6, 6.07) is 7.19. The summed E-state index contributed by atoms with van der Waals surface area (Å²) in [5, 5.41) is 11.6. The maximum absolute atomic E-state index is 12.2. The summed E-state index contributed by atoms with van der Waals surface area (Å²) < 4.78 is 0. The van der Waals surface area contributed by atoms with Crippen LogP contribution in [0.1, 0.15) is 25.8 Å². The molecular weight excluding hydrogens is 256 g/mol. The van der Waals surface area contributed by atoms with Crippen molar-refractivity contribution in [2.24, 2.45) is 5.92 Å². The third-order valence-corrected chi connectivity index (χ3v) is 2.80. The van der Waals surface area contributed by atoms with Crippen molar-refractivity contribution in [2.75, 3.05) is 18.0 Å². The molecule has 2 amide bonds. The lowest BCUT2D eigenvalue weighted by Crippen LogP contribution is -2.42. The molecule has 0 atom stereocenters. The van der Waals surface area contributed by atoms with Gasteiger partial charge >= 0.3 is 12.0 Å². The minimum Gasteiger partial charge on any atom is -0.481 e. The topological polar surface area (TPSA) is 69.6 Å². The summed E-state index contributed by atoms with van der Waals surface area (Å²) in [4.78, 5) is 24.4. The number of amides is 2. The molecule has 1 rings (SSSR count). The third-order valence-electron chi connectivity index (χ3n) is 2.80. The maximum Gasteiger partial charge on any atom is 0.321 e. The third kappa shape index (κ3) is 5.30. The van der Waals surface area contributed by atoms with Crippen molar-refractivity contribution < 1.29 is 14.7 Å². The normalized spacial score (nSPS) is 10.4. The number of anilines is 1. The molecule has 0 unspecified atom stereocenters. The Labute approximate surface area is 119 Å². The van der Waals surface area contributed by atoms with E-state index in [4.69, 9.17) is 5.11 Å². The maximum atomic E-state index is 12.2. The van der Waals surface area contributed by atoms with E-state index in [-0.39, 0.29) is 19.0 Å². The first-order chi connectivity index (χ1) is 9.40. The first-order valence-corrected chi connectivity index (χ1v) is 6.74. The summed E-state index contributed by atoms with van der Waals surface area (Å²) in [7, 11) is 0. The van der Waals surface area contributed by atoms with E-state index in [9.17, 15) is 9.59 Å². The van der Waals surface area contributed by atoms with E-state index in [1.807, 2.05) is 45.0 Å². The Balaban J connectivity index is 2.81. The number of aryl methyl sites for hydroxylation is 1. The van der Waals surface area contributed by atoms with Gasteiger partial charge in [-0.1, -0.05) is 31.5 Å². The Morgan fingerprint density at radius 2 is 1.85 bits per heavy atom. The smallest absolute Gasteiger partial charge is 0.321 e. The quantitative estimate of drug-likeness (QED) is 0.840. The molecular formula is C15H22N2O3. The number of carboxylic acids is 1. The zero-order valence-corrected chi connectivity index (χ0v) is 12.2. The van der Waals surface area contributed by atoms with Crippen LogP contribution in [0.3, 0.4) is 0 Å². The molecule has 0 radical (unpaired) electrons. The number of hydrogen-bond donors (Lipinski definition) is 2. The Bertz CT molecular complexity index is 455. The number of carboxylic acid groups (broad SMARTS) is 1. The molecule has 0 aliphatic carbocycles. The number of benzene rings is 1. The van der Waals surface area contributed by atoms with Crippen LogP contribution in [0.25, 0.3) is 0 Å². The van der Waals surface area contributed by atoms with E-state index in [2.05, 4.69) is 5.32 Å². The fourth-order valence-corrected chi connectivity index (χ4v) is 1.67. The van der Waals surface area contributed by atoms with Gasteiger partial charge in [0, 0.05) is 18.8 Å². The second kappa shape index (κ2) is 7.53. The molecule has 0 bridgehead atoms. The predicted octanol–water partition coefficient (Wildman–Crippen LogP) is 2.64. The van der Waals surface area contributed by atoms with Gasteiger partial charge in [0.1, 0.15) is 0 Å². The molecule has 0 aromatic heterocycles. The van der Waals surface area contributed by atoms with Crippen molar-refractivity contribution >= 4 is 17.7 Å². The van der Waals surface area contributed by atoms with Crippen LogP contribution in [-0.2, 0) is 4.79 Å². The fourth-order valence-electron chi connectivity index (χ4n) is 1.67. The number of nitrogens with one attached hydrogen (secondary N) is 1. The van der Waals surface area contributed by atoms with Crippen LogP contribution in [0, 0.1) is 12.8 Å². The van der Waals surface area contributed by atoms with Gasteiger partial charge in [-0.2, -0.15) is 0 Å². The highest BCUT2D eigenvalue weighted by molar-refractivity contribution is 5.92. The van der Waals surface area contributed by atoms with E-state index in [1.54, 1.807) is 0 Å². The highest BCUT2D eigenvalue weighted by Gasteiger charge is 2.16. The van der Waals surface area contributed by atoms with Gasteiger partial charge in [-0.25, -0.2) is 4.79 Å². The van der Waals surface area contributed by atoms with Crippen molar-refractivity contribution in [3.8, 4) is 0 Å². The van der Waals surface area contributed by atoms with Crippen LogP contribution in [0.4, 0.5) is 10.5 Å². The molecule has 20 heavy (non-hydrogen) atoms. The summed E-state index contributed by atoms with van der Waals surface area (Å²) in [6.07, 6.45) is -0.0804. The van der Waals surface area contributed by atoms with Gasteiger partial charge in [-0.3, -0.25) is 9.69 Å². The molecule has 0 fully saturated rings. The standard InChI is InChI=1S/C15H22N2O3/c1-11(2)10-16-15(20)17(9-8-14(18)19)13-6-4-12(3)5-7-13/h4-7,11H,8-10H2,1-3H3,(H,16,20)(H,18,19). The fraction of sp³-hybridized carbons (Fsp3) is 0.467. The van der Waals surface area contributed by atoms with Crippen LogP contribution < -0.4 is 10.2 Å². The van der Waals surface area contributed by atoms with Crippen LogP contribution in [0.15, 0.2) is 24.3 Å². The monoisotopic (exact) mass is 278 g/mol. The lowest BCUT2D eigenvalue weighted by molar-refractivity contribution is -0.136. The molecule has 0 saturated carbocycles. The second-order valence-electron chi connectivity index (χ2n) is 5.21. The van der Waals surface area contributed by atoms with Gasteiger partial charge in [-0.05, 0) is 25.0 Å². The minimum absolute atomic E-state index is 0.0804. The van der Waals surface area contributed by atoms with Gasteiger partial charge < -0.3 is 10.4 Å². The van der Waals surface area contributed by atoms with Crippen molar-refractivity contribution in [1.82, 2.24) is 5.32 Å². The zero-order valence-electron chi connectivity index (χ0n) is 12.2. The molecule has 0 saturated heterocycles. The van der Waals surface area contributed by atoms with E-state index < -0.39 is 5.97 Å². The first kappa shape index (κ1) is 16.0. The van der Waals surface area contributed by atoms with Gasteiger partial charge in [0.15, 0.2) is 0 Å². The van der Waals surface area contributed by atoms with Gasteiger partial charge in [-0.15, -0.1) is 0 Å². The number of carbonyl (C=O) groups is 2. The molecule has 5 nitrogen and oxygen atoms in total. The molecule has 0 aliphatic heterocycles. The highest BCUT2D eigenvalue weighted by atomic mass is 16.4. The van der Waals surface area contributed by atoms with Gasteiger partial charge in [0.2, 0.25) is 0 Å². The average Bonchev–Trinajstić information content (AvgIpc) is 2.38. The molecule has 2 N–H and O–H groups in total. The molecule has 1 aromatic rings. The number of aliphatic carboxylic acids is 1. The Kier molecular flexibility index (Phi) is 6.03. The SMILES string of the molecule is Cc1ccc(N(CCC(=O)O)C(=O)NCC(C)C)cc1. The zero-order chi connectivity index (χ0) is 15.1. The van der Waals surface area contributed by atoms with Crippen molar-refractivity contribution in [1.29, 1.82) is 0 Å². The Hall–Kier alpha value is -2.04. The highest BCUT2D eigenvalue weighted by Crippen LogP contribution is 2.15. The minimum atomic E-state index is -0.918. The summed E-state index contributed by atoms with van der Waals surface area (Å²) >= 11 is 0. The largest absolute Gasteiger partial charge is 0.481 e. The van der Waals surface area contributed by atoms with Crippen molar-refractivity contribution in [3.63, 3.8) is 0 Å². The van der Waals surface area contributed by atoms with Crippen LogP contribution in [0.5, 0.6) is 0 Å². The first-order valence-electron chi connectivity index (χ1n) is 6.74. The van der Waals surface area contributed by atoms with E-state index in [0.717, 1.165) is 5.56 Å². The molecule has 0 heterocycles. The lowest BCUT2D eigenvalue weighted by Gasteiger charge is -2.23. The van der Waals surface area contributed by atoms with Crippen LogP contribution >= 0.6 is 0 Å². The molecule has 0 spiro atoms. The molecule has 5 heteroatoms. The van der Waals surface area contributed by atoms with E-state index in [1.165, 1.54) is 4.90 Å². The number of carbonyl (C=O) groups excluding carboxylic acids is 1. The van der Waals surface area contributed by atoms with Gasteiger partial charge in [0.05, 0.1) is 6.42 Å². The lowest BCUT2D eigenvalue weighted by atomic mass is 10.2. The number of rotatable bonds is 6. The van der Waals surface area contributed by atoms with Crippen molar-refractivity contribution in [2.45, 2.75) is 27.2 Å². The van der Waals surface area contributed by atoms with E-state index >= 15 is 0 Å². The van der Waals surface area contributed by atoms with Crippen LogP contribution in [0.2, 0.25) is 0 Å². The predicted molar refractivity (Wildman–Crippen MR) is 79.0 cm³/mol. The second-order valence-corrected chi connectivity index (χ2v) is 5.21. The Morgan fingerprint density at radius 3 is 2.35 bits per heavy atom. The van der Waals surface area contributed by atoms with Crippen molar-refractivity contribution in [3.05, 3.63) is 29.8 Å².